The average Bonchev–Trinajstić information content (AvgIpc) is 2.36. The van der Waals surface area contributed by atoms with Crippen LogP contribution in [-0.4, -0.2) is 0 Å². The minimum absolute atomic E-state index is 0.373. The molecule has 0 aliphatic rings. The number of ether oxygens (including phenoxy) is 1. The molecule has 1 nitrogen and oxygen atoms in total. The molecular formula is C15H13Cl3O. The third kappa shape index (κ3) is 3.36. The van der Waals surface area contributed by atoms with E-state index in [1.165, 1.54) is 0 Å². The Labute approximate surface area is 128 Å². The molecule has 2 rings (SSSR count). The Morgan fingerprint density at radius 1 is 1.00 bits per heavy atom. The van der Waals surface area contributed by atoms with E-state index in [0.717, 1.165) is 27.5 Å². The van der Waals surface area contributed by atoms with Crippen molar-refractivity contribution in [3.8, 4) is 11.5 Å². The lowest BCUT2D eigenvalue weighted by atomic mass is 10.1. The number of hydrogen-bond acceptors (Lipinski definition) is 1. The van der Waals surface area contributed by atoms with Crippen molar-refractivity contribution in [3.05, 3.63) is 57.1 Å². The SMILES string of the molecule is Cc1cc(Oc2cc(Cl)ccc2CCl)cc(C)c1Cl. The summed E-state index contributed by atoms with van der Waals surface area (Å²) in [6.45, 7) is 3.89. The zero-order valence-corrected chi connectivity index (χ0v) is 12.9. The molecule has 0 heterocycles. The topological polar surface area (TPSA) is 9.23 Å². The third-order valence-electron chi connectivity index (χ3n) is 2.81. The van der Waals surface area contributed by atoms with E-state index in [1.54, 1.807) is 12.1 Å². The minimum atomic E-state index is 0.373. The molecule has 0 bridgehead atoms. The largest absolute Gasteiger partial charge is 0.457 e. The van der Waals surface area contributed by atoms with Gasteiger partial charge in [-0.25, -0.2) is 0 Å². The molecule has 0 N–H and O–H groups in total. The van der Waals surface area contributed by atoms with Gasteiger partial charge in [0.05, 0.1) is 5.88 Å². The Balaban J connectivity index is 2.38. The molecule has 0 fully saturated rings. The summed E-state index contributed by atoms with van der Waals surface area (Å²) in [6, 6.07) is 9.21. The van der Waals surface area contributed by atoms with Gasteiger partial charge in [0, 0.05) is 15.6 Å². The first-order valence-electron chi connectivity index (χ1n) is 5.80. The lowest BCUT2D eigenvalue weighted by Crippen LogP contribution is -1.92. The van der Waals surface area contributed by atoms with Crippen LogP contribution in [0.5, 0.6) is 11.5 Å². The predicted molar refractivity (Wildman–Crippen MR) is 82.0 cm³/mol. The first-order valence-corrected chi connectivity index (χ1v) is 7.09. The van der Waals surface area contributed by atoms with E-state index < -0.39 is 0 Å². The van der Waals surface area contributed by atoms with Gasteiger partial charge in [-0.2, -0.15) is 0 Å². The highest BCUT2D eigenvalue weighted by Crippen LogP contribution is 2.32. The monoisotopic (exact) mass is 314 g/mol. The maximum Gasteiger partial charge on any atom is 0.133 e. The van der Waals surface area contributed by atoms with E-state index in [-0.39, 0.29) is 0 Å². The van der Waals surface area contributed by atoms with E-state index in [4.69, 9.17) is 39.5 Å². The molecule has 0 radical (unpaired) electrons. The first kappa shape index (κ1) is 14.5. The molecule has 0 spiro atoms. The predicted octanol–water partition coefficient (Wildman–Crippen LogP) is 6.14. The van der Waals surface area contributed by atoms with Gasteiger partial charge in [0.15, 0.2) is 0 Å². The quantitative estimate of drug-likeness (QED) is 0.618. The molecule has 0 saturated carbocycles. The molecule has 2 aromatic rings. The Hall–Kier alpha value is -0.890. The minimum Gasteiger partial charge on any atom is -0.457 e. The molecule has 0 amide bonds. The summed E-state index contributed by atoms with van der Waals surface area (Å²) in [5, 5.41) is 1.38. The number of halogens is 3. The smallest absolute Gasteiger partial charge is 0.133 e. The molecule has 100 valence electrons. The lowest BCUT2D eigenvalue weighted by molar-refractivity contribution is 0.477. The summed E-state index contributed by atoms with van der Waals surface area (Å²) < 4.78 is 5.87. The molecule has 4 heteroatoms. The van der Waals surface area contributed by atoms with Gasteiger partial charge in [-0.05, 0) is 49.2 Å². The van der Waals surface area contributed by atoms with Crippen LogP contribution in [0.15, 0.2) is 30.3 Å². The summed E-state index contributed by atoms with van der Waals surface area (Å²) in [5.74, 6) is 1.77. The third-order valence-corrected chi connectivity index (χ3v) is 3.93. The van der Waals surface area contributed by atoms with Crippen LogP contribution in [0, 0.1) is 13.8 Å². The number of hydrogen-bond donors (Lipinski definition) is 0. The van der Waals surface area contributed by atoms with Crippen molar-refractivity contribution in [3.63, 3.8) is 0 Å². The van der Waals surface area contributed by atoms with Crippen LogP contribution in [-0.2, 0) is 5.88 Å². The molecule has 0 atom stereocenters. The highest BCUT2D eigenvalue weighted by Gasteiger charge is 2.08. The van der Waals surface area contributed by atoms with Gasteiger partial charge in [0.1, 0.15) is 11.5 Å². The van der Waals surface area contributed by atoms with Gasteiger partial charge in [-0.3, -0.25) is 0 Å². The zero-order chi connectivity index (χ0) is 14.0. The number of rotatable bonds is 3. The van der Waals surface area contributed by atoms with Crippen molar-refractivity contribution >= 4 is 34.8 Å². The molecule has 0 saturated heterocycles. The summed E-state index contributed by atoms with van der Waals surface area (Å²) >= 11 is 18.0. The fourth-order valence-electron chi connectivity index (χ4n) is 1.83. The Morgan fingerprint density at radius 3 is 2.21 bits per heavy atom. The van der Waals surface area contributed by atoms with Crippen LogP contribution in [0.1, 0.15) is 16.7 Å². The molecule has 0 unspecified atom stereocenters. The molecule has 2 aromatic carbocycles. The van der Waals surface area contributed by atoms with Crippen LogP contribution >= 0.6 is 34.8 Å². The van der Waals surface area contributed by atoms with Crippen LogP contribution in [0.4, 0.5) is 0 Å². The van der Waals surface area contributed by atoms with E-state index >= 15 is 0 Å². The first-order chi connectivity index (χ1) is 9.01. The maximum atomic E-state index is 6.14. The maximum absolute atomic E-state index is 6.14. The van der Waals surface area contributed by atoms with Crippen molar-refractivity contribution in [2.24, 2.45) is 0 Å². The Morgan fingerprint density at radius 2 is 1.63 bits per heavy atom. The normalized spacial score (nSPS) is 10.6. The molecule has 19 heavy (non-hydrogen) atoms. The highest BCUT2D eigenvalue weighted by molar-refractivity contribution is 6.32. The molecular weight excluding hydrogens is 303 g/mol. The lowest BCUT2D eigenvalue weighted by Gasteiger charge is -2.12. The van der Waals surface area contributed by atoms with E-state index in [1.807, 2.05) is 32.0 Å². The second kappa shape index (κ2) is 6.04. The van der Waals surface area contributed by atoms with Crippen LogP contribution in [0.2, 0.25) is 10.0 Å². The second-order valence-corrected chi connectivity index (χ2v) is 5.44. The van der Waals surface area contributed by atoms with Crippen molar-refractivity contribution in [2.75, 3.05) is 0 Å². The summed E-state index contributed by atoms with van der Waals surface area (Å²) in [7, 11) is 0. The molecule has 0 aliphatic carbocycles. The van der Waals surface area contributed by atoms with Crippen LogP contribution in [0.3, 0.4) is 0 Å². The van der Waals surface area contributed by atoms with Crippen molar-refractivity contribution in [1.29, 1.82) is 0 Å². The fraction of sp³-hybridized carbons (Fsp3) is 0.200. The van der Waals surface area contributed by atoms with E-state index in [9.17, 15) is 0 Å². The fourth-order valence-corrected chi connectivity index (χ4v) is 2.32. The van der Waals surface area contributed by atoms with Crippen LogP contribution in [0.25, 0.3) is 0 Å². The second-order valence-electron chi connectivity index (χ2n) is 4.36. The molecule has 0 aliphatic heterocycles. The summed E-state index contributed by atoms with van der Waals surface area (Å²) in [6.07, 6.45) is 0. The van der Waals surface area contributed by atoms with Gasteiger partial charge in [0.2, 0.25) is 0 Å². The summed E-state index contributed by atoms with van der Waals surface area (Å²) in [5.41, 5.74) is 2.86. The number of alkyl halides is 1. The van der Waals surface area contributed by atoms with Crippen molar-refractivity contribution < 1.29 is 4.74 Å². The highest BCUT2D eigenvalue weighted by atomic mass is 35.5. The van der Waals surface area contributed by atoms with E-state index in [0.29, 0.717) is 16.7 Å². The zero-order valence-electron chi connectivity index (χ0n) is 10.6. The summed E-state index contributed by atoms with van der Waals surface area (Å²) in [4.78, 5) is 0. The van der Waals surface area contributed by atoms with Crippen LogP contribution < -0.4 is 4.74 Å². The standard InChI is InChI=1S/C15H13Cl3O/c1-9-5-13(6-10(2)15(9)18)19-14-7-12(17)4-3-11(14)8-16/h3-7H,8H2,1-2H3. The number of benzene rings is 2. The van der Waals surface area contributed by atoms with Gasteiger partial charge < -0.3 is 4.74 Å². The number of aryl methyl sites for hydroxylation is 2. The Bertz CT molecular complexity index is 585. The van der Waals surface area contributed by atoms with Crippen molar-refractivity contribution in [1.82, 2.24) is 0 Å². The van der Waals surface area contributed by atoms with Gasteiger partial charge in [-0.1, -0.05) is 29.3 Å². The van der Waals surface area contributed by atoms with Gasteiger partial charge >= 0.3 is 0 Å². The average molecular weight is 316 g/mol. The van der Waals surface area contributed by atoms with Gasteiger partial charge in [-0.15, -0.1) is 11.6 Å². The van der Waals surface area contributed by atoms with Crippen molar-refractivity contribution in [2.45, 2.75) is 19.7 Å². The molecule has 0 aromatic heterocycles. The van der Waals surface area contributed by atoms with E-state index in [2.05, 4.69) is 0 Å². The Kier molecular flexibility index (Phi) is 4.62. The van der Waals surface area contributed by atoms with Gasteiger partial charge in [0.25, 0.3) is 0 Å².